The summed E-state index contributed by atoms with van der Waals surface area (Å²) in [6, 6.07) is 70.9. The second-order valence-electron chi connectivity index (χ2n) is 14.8. The van der Waals surface area contributed by atoms with Crippen molar-refractivity contribution in [3.05, 3.63) is 200 Å². The maximum atomic E-state index is 5.45. The van der Waals surface area contributed by atoms with E-state index in [0.29, 0.717) is 17.5 Å². The van der Waals surface area contributed by atoms with Gasteiger partial charge in [-0.1, -0.05) is 146 Å². The molecule has 0 aliphatic carbocycles. The number of para-hydroxylation sites is 3. The second kappa shape index (κ2) is 12.8. The summed E-state index contributed by atoms with van der Waals surface area (Å²) >= 11 is 0. The van der Waals surface area contributed by atoms with Gasteiger partial charge in [-0.05, 0) is 76.3 Å². The molecular weight excluding hydrogens is 707 g/mol. The van der Waals surface area contributed by atoms with E-state index < -0.39 is 0 Å². The van der Waals surface area contributed by atoms with Crippen LogP contribution < -0.4 is 4.90 Å². The van der Waals surface area contributed by atoms with Crippen molar-refractivity contribution in [3.8, 4) is 51.0 Å². The summed E-state index contributed by atoms with van der Waals surface area (Å²) in [6.07, 6.45) is 0. The van der Waals surface area contributed by atoms with Crippen LogP contribution in [0.1, 0.15) is 0 Å². The largest absolute Gasteiger partial charge is 0.309 e. The average molecular weight is 740 g/mol. The first-order valence-electron chi connectivity index (χ1n) is 19.6. The van der Waals surface area contributed by atoms with Gasteiger partial charge in [-0.25, -0.2) is 15.0 Å². The van der Waals surface area contributed by atoms with Gasteiger partial charge in [0, 0.05) is 38.5 Å². The molecule has 0 radical (unpaired) electrons. The summed E-state index contributed by atoms with van der Waals surface area (Å²) in [7, 11) is 0. The maximum Gasteiger partial charge on any atom is 0.166 e. The number of aromatic nitrogens is 4. The fourth-order valence-corrected chi connectivity index (χ4v) is 9.00. The first-order valence-corrected chi connectivity index (χ1v) is 19.6. The van der Waals surface area contributed by atoms with E-state index in [0.717, 1.165) is 66.6 Å². The van der Waals surface area contributed by atoms with Gasteiger partial charge in [0.2, 0.25) is 0 Å². The lowest BCUT2D eigenvalue weighted by molar-refractivity contribution is 1.07. The molecule has 5 nitrogen and oxygen atoms in total. The monoisotopic (exact) mass is 739 g/mol. The van der Waals surface area contributed by atoms with Crippen molar-refractivity contribution in [1.82, 2.24) is 19.5 Å². The van der Waals surface area contributed by atoms with Gasteiger partial charge in [0.15, 0.2) is 17.5 Å². The topological polar surface area (TPSA) is 46.8 Å². The molecule has 0 saturated heterocycles. The number of rotatable bonds is 5. The van der Waals surface area contributed by atoms with E-state index in [1.54, 1.807) is 0 Å². The molecule has 5 heteroatoms. The van der Waals surface area contributed by atoms with Gasteiger partial charge < -0.3 is 9.47 Å². The molecule has 58 heavy (non-hydrogen) atoms. The first kappa shape index (κ1) is 32.4. The predicted octanol–water partition coefficient (Wildman–Crippen LogP) is 13.7. The van der Waals surface area contributed by atoms with Gasteiger partial charge in [0.05, 0.1) is 33.7 Å². The Hall–Kier alpha value is -7.89. The average Bonchev–Trinajstić information content (AvgIpc) is 3.63. The van der Waals surface area contributed by atoms with Gasteiger partial charge in [0.1, 0.15) is 0 Å². The van der Waals surface area contributed by atoms with Crippen molar-refractivity contribution < 1.29 is 0 Å². The molecule has 0 fully saturated rings. The number of hydrogen-bond acceptors (Lipinski definition) is 4. The Morgan fingerprint density at radius 3 is 1.83 bits per heavy atom. The highest BCUT2D eigenvalue weighted by atomic mass is 15.2. The van der Waals surface area contributed by atoms with Crippen LogP contribution in [0, 0.1) is 0 Å². The molecule has 0 unspecified atom stereocenters. The zero-order valence-corrected chi connectivity index (χ0v) is 31.3. The van der Waals surface area contributed by atoms with Gasteiger partial charge in [0.25, 0.3) is 0 Å². The van der Waals surface area contributed by atoms with Gasteiger partial charge in [-0.3, -0.25) is 0 Å². The Bertz CT molecular complexity index is 3400. The molecule has 12 rings (SSSR count). The lowest BCUT2D eigenvalue weighted by atomic mass is 9.90. The Labute approximate surface area is 334 Å². The zero-order valence-electron chi connectivity index (χ0n) is 31.3. The minimum Gasteiger partial charge on any atom is -0.309 e. The van der Waals surface area contributed by atoms with Crippen molar-refractivity contribution in [3.63, 3.8) is 0 Å². The third-order valence-corrected chi connectivity index (χ3v) is 11.5. The molecule has 0 N–H and O–H groups in total. The van der Waals surface area contributed by atoms with Crippen LogP contribution in [0.3, 0.4) is 0 Å². The first-order chi connectivity index (χ1) is 28.8. The Morgan fingerprint density at radius 1 is 0.345 bits per heavy atom. The van der Waals surface area contributed by atoms with Crippen molar-refractivity contribution in [1.29, 1.82) is 0 Å². The van der Waals surface area contributed by atoms with Gasteiger partial charge in [-0.2, -0.15) is 0 Å². The van der Waals surface area contributed by atoms with Crippen molar-refractivity contribution in [2.45, 2.75) is 0 Å². The number of anilines is 3. The molecular formula is C53H33N5. The smallest absolute Gasteiger partial charge is 0.166 e. The summed E-state index contributed by atoms with van der Waals surface area (Å²) in [6.45, 7) is 0. The van der Waals surface area contributed by atoms with E-state index in [1.807, 2.05) is 18.2 Å². The van der Waals surface area contributed by atoms with Crippen molar-refractivity contribution >= 4 is 60.4 Å². The molecule has 270 valence electrons. The fraction of sp³-hybridized carbons (Fsp3) is 0. The van der Waals surface area contributed by atoms with Crippen LogP contribution >= 0.6 is 0 Å². The zero-order chi connectivity index (χ0) is 38.2. The molecule has 0 bridgehead atoms. The predicted molar refractivity (Wildman–Crippen MR) is 239 cm³/mol. The lowest BCUT2D eigenvalue weighted by Gasteiger charge is -2.34. The summed E-state index contributed by atoms with van der Waals surface area (Å²) in [5.41, 5.74) is 11.9. The normalized spacial score (nSPS) is 12.1. The Morgan fingerprint density at radius 2 is 0.966 bits per heavy atom. The second-order valence-corrected chi connectivity index (χ2v) is 14.8. The lowest BCUT2D eigenvalue weighted by Crippen LogP contribution is -2.16. The van der Waals surface area contributed by atoms with Crippen LogP contribution in [0.15, 0.2) is 200 Å². The number of hydrogen-bond donors (Lipinski definition) is 0. The molecule has 0 amide bonds. The molecule has 1 aliphatic heterocycles. The van der Waals surface area contributed by atoms with Crippen LogP contribution in [-0.4, -0.2) is 19.5 Å². The highest BCUT2D eigenvalue weighted by Crippen LogP contribution is 2.53. The molecule has 0 spiro atoms. The minimum atomic E-state index is 0.617. The fourth-order valence-electron chi connectivity index (χ4n) is 9.00. The van der Waals surface area contributed by atoms with Crippen LogP contribution in [0.5, 0.6) is 0 Å². The van der Waals surface area contributed by atoms with Gasteiger partial charge in [-0.15, -0.1) is 0 Å². The SMILES string of the molecule is c1ccc(-c2nc(-c3ccc4c(c3)c3ccccc3n4-c3ccccc3)nc(-c3c(N4c5ccccc5-c5cccc6cccc4c56)ccc4ccccc34)n2)cc1. The van der Waals surface area contributed by atoms with E-state index in [-0.39, 0.29) is 0 Å². The highest BCUT2D eigenvalue weighted by molar-refractivity contribution is 6.16. The minimum absolute atomic E-state index is 0.617. The van der Waals surface area contributed by atoms with Crippen molar-refractivity contribution in [2.75, 3.05) is 4.90 Å². The number of nitrogens with zero attached hydrogens (tertiary/aromatic N) is 5. The van der Waals surface area contributed by atoms with Gasteiger partial charge >= 0.3 is 0 Å². The summed E-state index contributed by atoms with van der Waals surface area (Å²) in [5, 5.41) is 6.93. The molecule has 11 aromatic rings. The molecule has 0 saturated carbocycles. The standard InChI is InChI=1S/C53H33N5/c1-3-16-36(17-4-1)51-54-52(37-30-31-46-43(33-37)41-24-10-11-26-44(41)57(46)38-20-5-2-6-21-38)56-53(55-51)50-39-22-8-7-15-34(39)29-32-48(50)58-45-27-12-9-23-40(45)42-25-13-18-35-19-14-28-47(58)49(35)42/h1-33H. The molecule has 2 aromatic heterocycles. The molecule has 0 atom stereocenters. The number of fused-ring (bicyclic) bond motifs is 6. The third-order valence-electron chi connectivity index (χ3n) is 11.5. The van der Waals surface area contributed by atoms with Crippen LogP contribution in [0.25, 0.3) is 94.3 Å². The Balaban J connectivity index is 1.14. The van der Waals surface area contributed by atoms with E-state index in [2.05, 4.69) is 191 Å². The van der Waals surface area contributed by atoms with E-state index in [9.17, 15) is 0 Å². The summed E-state index contributed by atoms with van der Waals surface area (Å²) in [5.74, 6) is 1.86. The van der Waals surface area contributed by atoms with E-state index >= 15 is 0 Å². The highest BCUT2D eigenvalue weighted by Gasteiger charge is 2.29. The van der Waals surface area contributed by atoms with Crippen LogP contribution in [0.2, 0.25) is 0 Å². The Kier molecular flexibility index (Phi) is 7.16. The van der Waals surface area contributed by atoms with E-state index in [1.165, 1.54) is 27.3 Å². The van der Waals surface area contributed by atoms with Crippen molar-refractivity contribution in [2.24, 2.45) is 0 Å². The summed E-state index contributed by atoms with van der Waals surface area (Å²) < 4.78 is 2.33. The number of benzene rings is 9. The maximum absolute atomic E-state index is 5.45. The third kappa shape index (κ3) is 4.93. The van der Waals surface area contributed by atoms with Crippen LogP contribution in [0.4, 0.5) is 17.1 Å². The molecule has 9 aromatic carbocycles. The molecule has 1 aliphatic rings. The molecule has 3 heterocycles. The van der Waals surface area contributed by atoms with Crippen LogP contribution in [-0.2, 0) is 0 Å². The van der Waals surface area contributed by atoms with E-state index in [4.69, 9.17) is 15.0 Å². The quantitative estimate of drug-likeness (QED) is 0.176. The summed E-state index contributed by atoms with van der Waals surface area (Å²) in [4.78, 5) is 18.4.